The molecular weight excluding hydrogens is 272 g/mol. The second-order valence-electron chi connectivity index (χ2n) is 5.07. The van der Waals surface area contributed by atoms with Crippen molar-refractivity contribution in [1.82, 2.24) is 14.5 Å². The average molecular weight is 288 g/mol. The monoisotopic (exact) mass is 288 g/mol. The molecule has 0 aliphatic rings. The van der Waals surface area contributed by atoms with E-state index in [1.54, 1.807) is 12.1 Å². The number of nitrogens with two attached hydrogens (primary N) is 1. The fourth-order valence-corrected chi connectivity index (χ4v) is 2.38. The number of ether oxygens (including phenoxy) is 1. The molecule has 21 heavy (non-hydrogen) atoms. The summed E-state index contributed by atoms with van der Waals surface area (Å²) in [5.41, 5.74) is 8.20. The first-order valence-electron chi connectivity index (χ1n) is 6.42. The maximum Gasteiger partial charge on any atom is 0.373 e. The quantitative estimate of drug-likeness (QED) is 0.738. The molecule has 3 aromatic rings. The highest BCUT2D eigenvalue weighted by atomic mass is 16.5. The second-order valence-corrected chi connectivity index (χ2v) is 5.07. The molecule has 0 unspecified atom stereocenters. The Bertz CT molecular complexity index is 832. The number of furan rings is 1. The number of hydrogen-bond donors (Lipinski definition) is 1. The molecule has 0 atom stereocenters. The molecule has 0 saturated heterocycles. The van der Waals surface area contributed by atoms with Gasteiger partial charge in [-0.3, -0.25) is 9.47 Å². The predicted octanol–water partition coefficient (Wildman–Crippen LogP) is 1.67. The Labute approximate surface area is 120 Å². The summed E-state index contributed by atoms with van der Waals surface area (Å²) in [7, 11) is 5.21. The van der Waals surface area contributed by atoms with Gasteiger partial charge in [-0.15, -0.1) is 0 Å². The highest BCUT2D eigenvalue weighted by molar-refractivity contribution is 6.06. The molecule has 0 radical (unpaired) electrons. The number of carbonyl (C=O) groups excluding carboxylic acids is 1. The maximum atomic E-state index is 11.6. The van der Waals surface area contributed by atoms with E-state index in [1.165, 1.54) is 7.11 Å². The molecule has 2 aromatic heterocycles. The lowest BCUT2D eigenvalue weighted by Gasteiger charge is -2.12. The van der Waals surface area contributed by atoms with Gasteiger partial charge in [0.2, 0.25) is 11.7 Å². The first-order chi connectivity index (χ1) is 10.0. The largest absolute Gasteiger partial charge is 0.463 e. The van der Waals surface area contributed by atoms with Gasteiger partial charge >= 0.3 is 5.97 Å². The molecule has 0 saturated carbocycles. The van der Waals surface area contributed by atoms with Crippen molar-refractivity contribution < 1.29 is 13.9 Å². The predicted molar refractivity (Wildman–Crippen MR) is 78.9 cm³/mol. The zero-order valence-corrected chi connectivity index (χ0v) is 12.1. The van der Waals surface area contributed by atoms with Gasteiger partial charge < -0.3 is 14.9 Å². The minimum absolute atomic E-state index is 0.163. The molecule has 3 rings (SSSR count). The lowest BCUT2D eigenvalue weighted by atomic mass is 10.2. The van der Waals surface area contributed by atoms with E-state index < -0.39 is 5.97 Å². The van der Waals surface area contributed by atoms with Crippen LogP contribution in [0.4, 0.5) is 5.95 Å². The molecule has 2 heterocycles. The van der Waals surface area contributed by atoms with Crippen molar-refractivity contribution in [3.63, 3.8) is 0 Å². The molecular formula is C14H16N4O3. The molecule has 0 spiro atoms. The summed E-state index contributed by atoms with van der Waals surface area (Å²) in [5.74, 6) is 0.0780. The van der Waals surface area contributed by atoms with E-state index in [-0.39, 0.29) is 5.76 Å². The summed E-state index contributed by atoms with van der Waals surface area (Å²) in [6.07, 6.45) is 0. The number of esters is 1. The topological polar surface area (TPSA) is 86.5 Å². The Morgan fingerprint density at radius 1 is 1.48 bits per heavy atom. The van der Waals surface area contributed by atoms with Gasteiger partial charge in [0.05, 0.1) is 24.8 Å². The smallest absolute Gasteiger partial charge is 0.373 e. The van der Waals surface area contributed by atoms with Crippen LogP contribution in [0.2, 0.25) is 0 Å². The van der Waals surface area contributed by atoms with Gasteiger partial charge in [0.25, 0.3) is 0 Å². The van der Waals surface area contributed by atoms with Crippen LogP contribution >= 0.6 is 0 Å². The van der Waals surface area contributed by atoms with Crippen LogP contribution in [0, 0.1) is 0 Å². The van der Waals surface area contributed by atoms with Crippen LogP contribution in [-0.2, 0) is 11.4 Å². The van der Waals surface area contributed by atoms with Crippen molar-refractivity contribution >= 4 is 33.9 Å². The highest BCUT2D eigenvalue weighted by Gasteiger charge is 2.18. The van der Waals surface area contributed by atoms with Gasteiger partial charge in [-0.05, 0) is 26.2 Å². The molecule has 0 bridgehead atoms. The zero-order chi connectivity index (χ0) is 15.1. The van der Waals surface area contributed by atoms with Gasteiger partial charge in [0, 0.05) is 11.5 Å². The summed E-state index contributed by atoms with van der Waals surface area (Å²) in [5, 5.41) is 0.791. The van der Waals surface area contributed by atoms with Gasteiger partial charge in [-0.1, -0.05) is 0 Å². The number of anilines is 1. The summed E-state index contributed by atoms with van der Waals surface area (Å²) < 4.78 is 12.1. The highest BCUT2D eigenvalue weighted by Crippen LogP contribution is 2.30. The van der Waals surface area contributed by atoms with Crippen LogP contribution in [0.1, 0.15) is 10.6 Å². The minimum Gasteiger partial charge on any atom is -0.463 e. The Kier molecular flexibility index (Phi) is 3.06. The van der Waals surface area contributed by atoms with Crippen molar-refractivity contribution in [1.29, 1.82) is 0 Å². The summed E-state index contributed by atoms with van der Waals surface area (Å²) in [6.45, 7) is 0.584. The van der Waals surface area contributed by atoms with Crippen LogP contribution in [0.3, 0.4) is 0 Å². The summed E-state index contributed by atoms with van der Waals surface area (Å²) in [6, 6.07) is 5.26. The molecule has 1 aromatic carbocycles. The first-order valence-corrected chi connectivity index (χ1v) is 6.42. The Balaban J connectivity index is 2.30. The van der Waals surface area contributed by atoms with Gasteiger partial charge in [0.1, 0.15) is 5.58 Å². The zero-order valence-electron chi connectivity index (χ0n) is 12.1. The second kappa shape index (κ2) is 4.78. The molecule has 0 aliphatic carbocycles. The van der Waals surface area contributed by atoms with Crippen molar-refractivity contribution in [2.45, 2.75) is 6.67 Å². The van der Waals surface area contributed by atoms with Crippen molar-refractivity contribution in [3.8, 4) is 0 Å². The number of aromatic nitrogens is 2. The normalized spacial score (nSPS) is 11.6. The number of carbonyl (C=O) groups is 1. The fraction of sp³-hybridized carbons (Fsp3) is 0.286. The van der Waals surface area contributed by atoms with E-state index in [4.69, 9.17) is 10.2 Å². The molecule has 0 fully saturated rings. The van der Waals surface area contributed by atoms with E-state index in [1.807, 2.05) is 29.6 Å². The number of methoxy groups -OCH3 is 1. The van der Waals surface area contributed by atoms with E-state index in [2.05, 4.69) is 9.72 Å². The number of fused-ring (bicyclic) bond motifs is 3. The van der Waals surface area contributed by atoms with Crippen LogP contribution in [0.15, 0.2) is 22.6 Å². The Morgan fingerprint density at radius 2 is 2.24 bits per heavy atom. The number of nitrogen functional groups attached to an aromatic ring is 1. The third kappa shape index (κ3) is 2.11. The SMILES string of the molecule is COC(=O)c1cc2c(ccc3nc(N)n(CN(C)C)c32)o1. The lowest BCUT2D eigenvalue weighted by molar-refractivity contribution is 0.0567. The molecule has 2 N–H and O–H groups in total. The van der Waals surface area contributed by atoms with Crippen molar-refractivity contribution in [2.24, 2.45) is 0 Å². The van der Waals surface area contributed by atoms with Crippen molar-refractivity contribution in [2.75, 3.05) is 26.9 Å². The van der Waals surface area contributed by atoms with E-state index >= 15 is 0 Å². The molecule has 0 amide bonds. The minimum atomic E-state index is -0.508. The van der Waals surface area contributed by atoms with Gasteiger partial charge in [-0.25, -0.2) is 9.78 Å². The van der Waals surface area contributed by atoms with Gasteiger partial charge in [0.15, 0.2) is 0 Å². The van der Waals surface area contributed by atoms with E-state index in [9.17, 15) is 4.79 Å². The summed E-state index contributed by atoms with van der Waals surface area (Å²) >= 11 is 0. The lowest BCUT2D eigenvalue weighted by Crippen LogP contribution is -2.18. The molecule has 7 heteroatoms. The third-order valence-corrected chi connectivity index (χ3v) is 3.24. The standard InChI is InChI=1S/C14H16N4O3/c1-17(2)7-18-12-8-6-11(13(19)20-3)21-10(8)5-4-9(12)16-14(18)15/h4-6H,7H2,1-3H3,(H2,15,16). The Morgan fingerprint density at radius 3 is 2.90 bits per heavy atom. The van der Waals surface area contributed by atoms with Crippen LogP contribution < -0.4 is 5.73 Å². The van der Waals surface area contributed by atoms with E-state index in [0.717, 1.165) is 16.4 Å². The van der Waals surface area contributed by atoms with Crippen molar-refractivity contribution in [3.05, 3.63) is 24.0 Å². The first kappa shape index (κ1) is 13.4. The molecule has 7 nitrogen and oxygen atoms in total. The van der Waals surface area contributed by atoms with Crippen LogP contribution in [0.25, 0.3) is 22.0 Å². The number of hydrogen-bond acceptors (Lipinski definition) is 6. The number of imidazole rings is 1. The van der Waals surface area contributed by atoms with Gasteiger partial charge in [-0.2, -0.15) is 0 Å². The number of nitrogens with zero attached hydrogens (tertiary/aromatic N) is 3. The van der Waals surface area contributed by atoms with Crippen LogP contribution in [-0.4, -0.2) is 41.6 Å². The fourth-order valence-electron chi connectivity index (χ4n) is 2.38. The molecule has 110 valence electrons. The average Bonchev–Trinajstić information content (AvgIpc) is 2.99. The number of benzene rings is 1. The Hall–Kier alpha value is -2.54. The maximum absolute atomic E-state index is 11.6. The van der Waals surface area contributed by atoms with E-state index in [0.29, 0.717) is 18.2 Å². The van der Waals surface area contributed by atoms with Crippen LogP contribution in [0.5, 0.6) is 0 Å². The third-order valence-electron chi connectivity index (χ3n) is 3.24. The number of rotatable bonds is 3. The molecule has 0 aliphatic heterocycles. The summed E-state index contributed by atoms with van der Waals surface area (Å²) in [4.78, 5) is 17.9.